The Kier molecular flexibility index (Phi) is 5.07. The molecule has 2 rings (SSSR count). The third kappa shape index (κ3) is 4.05. The molecular formula is C16H26N2O2S. The van der Waals surface area contributed by atoms with E-state index in [1.807, 2.05) is 31.2 Å². The molecule has 0 aliphatic heterocycles. The van der Waals surface area contributed by atoms with E-state index >= 15 is 0 Å². The maximum atomic E-state index is 12.5. The Morgan fingerprint density at radius 1 is 1.38 bits per heavy atom. The predicted molar refractivity (Wildman–Crippen MR) is 86.4 cm³/mol. The van der Waals surface area contributed by atoms with Gasteiger partial charge < -0.3 is 5.73 Å². The Balaban J connectivity index is 2.15. The van der Waals surface area contributed by atoms with Gasteiger partial charge in [-0.3, -0.25) is 0 Å². The molecule has 2 unspecified atom stereocenters. The van der Waals surface area contributed by atoms with Gasteiger partial charge >= 0.3 is 0 Å². The maximum absolute atomic E-state index is 12.5. The number of rotatable bonds is 5. The van der Waals surface area contributed by atoms with Gasteiger partial charge in [0.1, 0.15) is 0 Å². The molecule has 0 bridgehead atoms. The molecule has 2 atom stereocenters. The minimum Gasteiger partial charge on any atom is -0.329 e. The van der Waals surface area contributed by atoms with Gasteiger partial charge in [-0.1, -0.05) is 49.6 Å². The van der Waals surface area contributed by atoms with Crippen LogP contribution in [0.2, 0.25) is 0 Å². The number of sulfonamides is 1. The van der Waals surface area contributed by atoms with Crippen LogP contribution < -0.4 is 10.5 Å². The first-order chi connectivity index (χ1) is 9.87. The fourth-order valence-electron chi connectivity index (χ4n) is 3.28. The topological polar surface area (TPSA) is 72.2 Å². The Hall–Kier alpha value is -0.910. The molecule has 0 radical (unpaired) electrons. The Labute approximate surface area is 128 Å². The summed E-state index contributed by atoms with van der Waals surface area (Å²) < 4.78 is 28.0. The van der Waals surface area contributed by atoms with Gasteiger partial charge in [0.2, 0.25) is 10.0 Å². The van der Waals surface area contributed by atoms with Crippen LogP contribution in [-0.2, 0) is 15.8 Å². The predicted octanol–water partition coefficient (Wildman–Crippen LogP) is 2.32. The molecular weight excluding hydrogens is 284 g/mol. The van der Waals surface area contributed by atoms with Gasteiger partial charge in [-0.05, 0) is 31.2 Å². The fraction of sp³-hybridized carbons (Fsp3) is 0.625. The molecule has 0 saturated heterocycles. The smallest absolute Gasteiger partial charge is 0.216 e. The lowest BCUT2D eigenvalue weighted by atomic mass is 9.74. The minimum absolute atomic E-state index is 0.0170. The van der Waals surface area contributed by atoms with Crippen molar-refractivity contribution in [1.29, 1.82) is 0 Å². The van der Waals surface area contributed by atoms with Gasteiger partial charge in [-0.15, -0.1) is 0 Å². The first-order valence-corrected chi connectivity index (χ1v) is 9.29. The molecule has 0 spiro atoms. The van der Waals surface area contributed by atoms with E-state index in [-0.39, 0.29) is 11.7 Å². The Morgan fingerprint density at radius 2 is 2.14 bits per heavy atom. The van der Waals surface area contributed by atoms with Crippen molar-refractivity contribution in [2.75, 3.05) is 6.54 Å². The summed E-state index contributed by atoms with van der Waals surface area (Å²) >= 11 is 0. The summed E-state index contributed by atoms with van der Waals surface area (Å²) in [7, 11) is -3.38. The molecule has 1 aliphatic carbocycles. The molecule has 1 saturated carbocycles. The highest BCUT2D eigenvalue weighted by Gasteiger charge is 2.40. The van der Waals surface area contributed by atoms with Crippen molar-refractivity contribution in [3.63, 3.8) is 0 Å². The molecule has 0 amide bonds. The number of hydrogen-bond donors (Lipinski definition) is 2. The number of aryl methyl sites for hydroxylation is 1. The summed E-state index contributed by atoms with van der Waals surface area (Å²) in [6.45, 7) is 4.43. The highest BCUT2D eigenvalue weighted by molar-refractivity contribution is 7.88. The van der Waals surface area contributed by atoms with Crippen LogP contribution >= 0.6 is 0 Å². The van der Waals surface area contributed by atoms with Gasteiger partial charge in [-0.25, -0.2) is 13.1 Å². The summed E-state index contributed by atoms with van der Waals surface area (Å²) in [6.07, 6.45) is 4.05. The Morgan fingerprint density at radius 3 is 2.76 bits per heavy atom. The first-order valence-electron chi connectivity index (χ1n) is 7.64. The molecule has 1 fully saturated rings. The van der Waals surface area contributed by atoms with Gasteiger partial charge in [0.25, 0.3) is 0 Å². The van der Waals surface area contributed by atoms with Crippen LogP contribution in [0, 0.1) is 12.8 Å². The zero-order valence-corrected chi connectivity index (χ0v) is 13.7. The number of nitrogens with two attached hydrogens (primary N) is 1. The largest absolute Gasteiger partial charge is 0.329 e. The average Bonchev–Trinajstić information content (AvgIpc) is 2.40. The zero-order chi connectivity index (χ0) is 15.5. The number of hydrogen-bond acceptors (Lipinski definition) is 3. The molecule has 0 heterocycles. The Bertz CT molecular complexity index is 586. The maximum Gasteiger partial charge on any atom is 0.216 e. The molecule has 1 aromatic carbocycles. The van der Waals surface area contributed by atoms with Crippen molar-refractivity contribution < 1.29 is 8.42 Å². The molecule has 3 N–H and O–H groups in total. The highest BCUT2D eigenvalue weighted by Crippen LogP contribution is 2.33. The van der Waals surface area contributed by atoms with Crippen LogP contribution in [0.25, 0.3) is 0 Å². The zero-order valence-electron chi connectivity index (χ0n) is 12.9. The number of benzene rings is 1. The van der Waals surface area contributed by atoms with Gasteiger partial charge in [-0.2, -0.15) is 0 Å². The van der Waals surface area contributed by atoms with Crippen molar-refractivity contribution in [2.24, 2.45) is 11.7 Å². The summed E-state index contributed by atoms with van der Waals surface area (Å²) in [5, 5.41) is 0. The second-order valence-electron chi connectivity index (χ2n) is 6.36. The standard InChI is InChI=1S/C16H26N2O2S/c1-13-6-5-8-15(10-13)11-21(19,20)18-16(12-17)9-4-3-7-14(16)2/h5-6,8,10,14,18H,3-4,7,9,11-12,17H2,1-2H3. The molecule has 1 aromatic rings. The SMILES string of the molecule is Cc1cccc(CS(=O)(=O)NC2(CN)CCCCC2C)c1. The van der Waals surface area contributed by atoms with Crippen LogP contribution in [0.15, 0.2) is 24.3 Å². The normalized spacial score (nSPS) is 26.7. The minimum atomic E-state index is -3.38. The molecule has 1 aliphatic rings. The van der Waals surface area contributed by atoms with Crippen molar-refractivity contribution in [3.05, 3.63) is 35.4 Å². The second-order valence-corrected chi connectivity index (χ2v) is 8.08. The number of nitrogens with one attached hydrogen (secondary N) is 1. The molecule has 118 valence electrons. The summed E-state index contributed by atoms with van der Waals surface area (Å²) in [5.41, 5.74) is 7.34. The quantitative estimate of drug-likeness (QED) is 0.876. The van der Waals surface area contributed by atoms with Crippen LogP contribution in [0.3, 0.4) is 0 Å². The van der Waals surface area contributed by atoms with E-state index in [9.17, 15) is 8.42 Å². The van der Waals surface area contributed by atoms with E-state index in [0.717, 1.165) is 36.8 Å². The molecule has 4 nitrogen and oxygen atoms in total. The third-order valence-corrected chi connectivity index (χ3v) is 6.05. The van der Waals surface area contributed by atoms with Crippen molar-refractivity contribution >= 4 is 10.0 Å². The van der Waals surface area contributed by atoms with Gasteiger partial charge in [0.05, 0.1) is 5.75 Å². The fourth-order valence-corrected chi connectivity index (χ4v) is 4.97. The van der Waals surface area contributed by atoms with Gasteiger partial charge in [0.15, 0.2) is 0 Å². The van der Waals surface area contributed by atoms with Crippen LogP contribution in [-0.4, -0.2) is 20.5 Å². The van der Waals surface area contributed by atoms with Crippen molar-refractivity contribution in [2.45, 2.75) is 50.8 Å². The van der Waals surface area contributed by atoms with Crippen LogP contribution in [0.5, 0.6) is 0 Å². The summed E-state index contributed by atoms with van der Waals surface area (Å²) in [4.78, 5) is 0. The monoisotopic (exact) mass is 310 g/mol. The van der Waals surface area contributed by atoms with Crippen molar-refractivity contribution in [1.82, 2.24) is 4.72 Å². The average molecular weight is 310 g/mol. The summed E-state index contributed by atoms with van der Waals surface area (Å²) in [5.74, 6) is 0.298. The van der Waals surface area contributed by atoms with E-state index in [0.29, 0.717) is 6.54 Å². The molecule has 0 aromatic heterocycles. The summed E-state index contributed by atoms with van der Waals surface area (Å²) in [6, 6.07) is 7.63. The lowest BCUT2D eigenvalue weighted by Gasteiger charge is -2.42. The molecule has 5 heteroatoms. The lowest BCUT2D eigenvalue weighted by molar-refractivity contribution is 0.191. The second kappa shape index (κ2) is 6.46. The van der Waals surface area contributed by atoms with Gasteiger partial charge in [0, 0.05) is 12.1 Å². The van der Waals surface area contributed by atoms with E-state index in [4.69, 9.17) is 5.73 Å². The van der Waals surface area contributed by atoms with Crippen molar-refractivity contribution in [3.8, 4) is 0 Å². The highest BCUT2D eigenvalue weighted by atomic mass is 32.2. The van der Waals surface area contributed by atoms with Crippen LogP contribution in [0.4, 0.5) is 0 Å². The molecule has 21 heavy (non-hydrogen) atoms. The third-order valence-electron chi connectivity index (χ3n) is 4.62. The first kappa shape index (κ1) is 16.5. The van der Waals surface area contributed by atoms with E-state index in [2.05, 4.69) is 11.6 Å². The van der Waals surface area contributed by atoms with E-state index in [1.165, 1.54) is 0 Å². The lowest BCUT2D eigenvalue weighted by Crippen LogP contribution is -2.59. The van der Waals surface area contributed by atoms with Crippen LogP contribution in [0.1, 0.15) is 43.7 Å². The van der Waals surface area contributed by atoms with E-state index in [1.54, 1.807) is 0 Å². The van der Waals surface area contributed by atoms with E-state index < -0.39 is 15.6 Å².